The van der Waals surface area contributed by atoms with Crippen LogP contribution in [0.5, 0.6) is 0 Å². The zero-order valence-electron chi connectivity index (χ0n) is 12.6. The maximum atomic E-state index is 12.2. The molecule has 0 aliphatic heterocycles. The Labute approximate surface area is 130 Å². The van der Waals surface area contributed by atoms with Crippen LogP contribution in [0, 0.1) is 0 Å². The van der Waals surface area contributed by atoms with E-state index in [1.54, 1.807) is 19.3 Å². The zero-order valence-corrected chi connectivity index (χ0v) is 12.6. The summed E-state index contributed by atoms with van der Waals surface area (Å²) in [4.78, 5) is 17.7. The Bertz CT molecular complexity index is 573. The summed E-state index contributed by atoms with van der Waals surface area (Å²) >= 11 is 0. The number of benzene rings is 1. The first kappa shape index (κ1) is 16.0. The molecule has 1 aromatic carbocycles. The van der Waals surface area contributed by atoms with Crippen molar-refractivity contribution in [3.63, 3.8) is 0 Å². The predicted octanol–water partition coefficient (Wildman–Crippen LogP) is 2.60. The Balaban J connectivity index is 1.96. The normalized spacial score (nSPS) is 11.7. The molecule has 2 aromatic rings. The molecule has 0 bridgehead atoms. The summed E-state index contributed by atoms with van der Waals surface area (Å²) in [5.41, 5.74) is 1.86. The molecule has 0 saturated carbocycles. The molecule has 1 amide bonds. The van der Waals surface area contributed by atoms with Crippen molar-refractivity contribution in [1.29, 1.82) is 0 Å². The molecule has 0 aliphatic carbocycles. The molecule has 22 heavy (non-hydrogen) atoms. The van der Waals surface area contributed by atoms with Crippen LogP contribution in [0.4, 0.5) is 4.79 Å². The number of nitrogens with zero attached hydrogens (tertiary/aromatic N) is 2. The lowest BCUT2D eigenvalue weighted by molar-refractivity contribution is 0.0705. The van der Waals surface area contributed by atoms with Crippen molar-refractivity contribution in [2.75, 3.05) is 6.54 Å². The number of rotatable bonds is 6. The Morgan fingerprint density at radius 2 is 1.86 bits per heavy atom. The summed E-state index contributed by atoms with van der Waals surface area (Å²) in [7, 11) is 0. The highest BCUT2D eigenvalue weighted by molar-refractivity contribution is 5.67. The van der Waals surface area contributed by atoms with E-state index in [0.29, 0.717) is 6.54 Å². The minimum Gasteiger partial charge on any atom is -0.445 e. The van der Waals surface area contributed by atoms with Gasteiger partial charge in [-0.25, -0.2) is 4.79 Å². The molecule has 0 fully saturated rings. The molecule has 1 heterocycles. The van der Waals surface area contributed by atoms with Gasteiger partial charge in [0.1, 0.15) is 6.61 Å². The standard InChI is InChI=1S/C17H20N2O3/c1-14(20)11-19(12-15-7-9-18-10-8-15)17(21)22-13-16-5-3-2-4-6-16/h2-10,14,20H,11-13H2,1H3/t14-/m1/s1. The van der Waals surface area contributed by atoms with Crippen LogP contribution in [0.2, 0.25) is 0 Å². The van der Waals surface area contributed by atoms with E-state index in [0.717, 1.165) is 11.1 Å². The molecule has 1 N–H and O–H groups in total. The summed E-state index contributed by atoms with van der Waals surface area (Å²) in [5.74, 6) is 0. The fraction of sp³-hybridized carbons (Fsp3) is 0.294. The lowest BCUT2D eigenvalue weighted by atomic mass is 10.2. The number of aliphatic hydroxyl groups is 1. The maximum absolute atomic E-state index is 12.2. The molecule has 5 nitrogen and oxygen atoms in total. The van der Waals surface area contributed by atoms with E-state index in [1.165, 1.54) is 4.90 Å². The van der Waals surface area contributed by atoms with E-state index >= 15 is 0 Å². The van der Waals surface area contributed by atoms with Gasteiger partial charge < -0.3 is 14.7 Å². The number of aliphatic hydroxyl groups excluding tert-OH is 1. The first-order chi connectivity index (χ1) is 10.6. The number of pyridine rings is 1. The maximum Gasteiger partial charge on any atom is 0.410 e. The molecule has 2 rings (SSSR count). The smallest absolute Gasteiger partial charge is 0.410 e. The van der Waals surface area contributed by atoms with E-state index in [2.05, 4.69) is 4.98 Å². The Kier molecular flexibility index (Phi) is 5.91. The van der Waals surface area contributed by atoms with Gasteiger partial charge in [-0.3, -0.25) is 4.98 Å². The molecule has 0 aliphatic rings. The average molecular weight is 300 g/mol. The first-order valence-electron chi connectivity index (χ1n) is 7.17. The van der Waals surface area contributed by atoms with Crippen molar-refractivity contribution < 1.29 is 14.6 Å². The summed E-state index contributed by atoms with van der Waals surface area (Å²) in [6, 6.07) is 13.2. The predicted molar refractivity (Wildman–Crippen MR) is 83.0 cm³/mol. The van der Waals surface area contributed by atoms with Gasteiger partial charge in [0.15, 0.2) is 0 Å². The van der Waals surface area contributed by atoms with Crippen molar-refractivity contribution in [1.82, 2.24) is 9.88 Å². The monoisotopic (exact) mass is 300 g/mol. The van der Waals surface area contributed by atoms with Gasteiger partial charge >= 0.3 is 6.09 Å². The molecule has 116 valence electrons. The molecule has 0 saturated heterocycles. The summed E-state index contributed by atoms with van der Waals surface area (Å²) in [6.07, 6.45) is 2.28. The molecule has 5 heteroatoms. The van der Waals surface area contributed by atoms with Crippen LogP contribution in [0.1, 0.15) is 18.1 Å². The third-order valence-corrected chi connectivity index (χ3v) is 3.07. The molecular weight excluding hydrogens is 280 g/mol. The van der Waals surface area contributed by atoms with Crippen LogP contribution < -0.4 is 0 Å². The van der Waals surface area contributed by atoms with Crippen LogP contribution in [0.3, 0.4) is 0 Å². The number of carbonyl (C=O) groups excluding carboxylic acids is 1. The molecular formula is C17H20N2O3. The van der Waals surface area contributed by atoms with Crippen LogP contribution in [-0.4, -0.2) is 33.7 Å². The molecule has 0 unspecified atom stereocenters. The molecule has 1 aromatic heterocycles. The third-order valence-electron chi connectivity index (χ3n) is 3.07. The number of aromatic nitrogens is 1. The van der Waals surface area contributed by atoms with Gasteiger partial charge in [0.25, 0.3) is 0 Å². The Hall–Kier alpha value is -2.40. The minimum atomic E-state index is -0.619. The second kappa shape index (κ2) is 8.14. The van der Waals surface area contributed by atoms with Crippen molar-refractivity contribution in [3.8, 4) is 0 Å². The van der Waals surface area contributed by atoms with Crippen molar-refractivity contribution in [2.45, 2.75) is 26.2 Å². The van der Waals surface area contributed by atoms with Gasteiger partial charge in [-0.05, 0) is 30.2 Å². The van der Waals surface area contributed by atoms with Crippen molar-refractivity contribution in [3.05, 3.63) is 66.0 Å². The van der Waals surface area contributed by atoms with E-state index in [-0.39, 0.29) is 13.2 Å². The fourth-order valence-electron chi connectivity index (χ4n) is 2.04. The van der Waals surface area contributed by atoms with Crippen LogP contribution in [-0.2, 0) is 17.9 Å². The SMILES string of the molecule is C[C@@H](O)CN(Cc1ccncc1)C(=O)OCc1ccccc1. The summed E-state index contributed by atoms with van der Waals surface area (Å²) in [6.45, 7) is 2.45. The second-order valence-corrected chi connectivity index (χ2v) is 5.13. The summed E-state index contributed by atoms with van der Waals surface area (Å²) < 4.78 is 5.32. The quantitative estimate of drug-likeness (QED) is 0.890. The Morgan fingerprint density at radius 3 is 2.50 bits per heavy atom. The van der Waals surface area contributed by atoms with Gasteiger partial charge in [-0.1, -0.05) is 30.3 Å². The molecule has 1 atom stereocenters. The average Bonchev–Trinajstić information content (AvgIpc) is 2.53. The minimum absolute atomic E-state index is 0.215. The van der Waals surface area contributed by atoms with E-state index < -0.39 is 12.2 Å². The Morgan fingerprint density at radius 1 is 1.18 bits per heavy atom. The second-order valence-electron chi connectivity index (χ2n) is 5.13. The van der Waals surface area contributed by atoms with Crippen molar-refractivity contribution >= 4 is 6.09 Å². The number of ether oxygens (including phenoxy) is 1. The van der Waals surface area contributed by atoms with E-state index in [1.807, 2.05) is 42.5 Å². The van der Waals surface area contributed by atoms with Gasteiger partial charge in [0, 0.05) is 18.9 Å². The van der Waals surface area contributed by atoms with E-state index in [9.17, 15) is 9.90 Å². The van der Waals surface area contributed by atoms with Crippen LogP contribution >= 0.6 is 0 Å². The number of hydrogen-bond donors (Lipinski definition) is 1. The molecule has 0 radical (unpaired) electrons. The highest BCUT2D eigenvalue weighted by atomic mass is 16.6. The highest BCUT2D eigenvalue weighted by Crippen LogP contribution is 2.08. The van der Waals surface area contributed by atoms with Gasteiger partial charge in [0.05, 0.1) is 12.6 Å². The highest BCUT2D eigenvalue weighted by Gasteiger charge is 2.17. The fourth-order valence-corrected chi connectivity index (χ4v) is 2.04. The molecule has 0 spiro atoms. The van der Waals surface area contributed by atoms with E-state index in [4.69, 9.17) is 4.74 Å². The number of carbonyl (C=O) groups is 1. The van der Waals surface area contributed by atoms with Crippen molar-refractivity contribution in [2.24, 2.45) is 0 Å². The van der Waals surface area contributed by atoms with Gasteiger partial charge in [0.2, 0.25) is 0 Å². The summed E-state index contributed by atoms with van der Waals surface area (Å²) in [5, 5.41) is 9.57. The lowest BCUT2D eigenvalue weighted by Gasteiger charge is -2.23. The van der Waals surface area contributed by atoms with Gasteiger partial charge in [-0.15, -0.1) is 0 Å². The lowest BCUT2D eigenvalue weighted by Crippen LogP contribution is -2.36. The topological polar surface area (TPSA) is 62.7 Å². The van der Waals surface area contributed by atoms with Crippen LogP contribution in [0.25, 0.3) is 0 Å². The third kappa shape index (κ3) is 5.18. The largest absolute Gasteiger partial charge is 0.445 e. The van der Waals surface area contributed by atoms with Gasteiger partial charge in [-0.2, -0.15) is 0 Å². The number of amides is 1. The first-order valence-corrected chi connectivity index (χ1v) is 7.17. The number of hydrogen-bond acceptors (Lipinski definition) is 4. The van der Waals surface area contributed by atoms with Crippen LogP contribution in [0.15, 0.2) is 54.9 Å². The zero-order chi connectivity index (χ0) is 15.8.